The Kier molecular flexibility index (Phi) is 4.79. The Balaban J connectivity index is 2.43. The minimum Gasteiger partial charge on any atom is -0.383 e. The molecule has 0 fully saturated rings. The summed E-state index contributed by atoms with van der Waals surface area (Å²) in [7, 11) is 1.49. The topological polar surface area (TPSA) is 44.1 Å². The highest BCUT2D eigenvalue weighted by Crippen LogP contribution is 2.22. The van der Waals surface area contributed by atoms with E-state index in [0.717, 1.165) is 0 Å². The van der Waals surface area contributed by atoms with Crippen LogP contribution in [0.3, 0.4) is 0 Å². The first-order valence-corrected chi connectivity index (χ1v) is 6.64. The number of ketones is 1. The van der Waals surface area contributed by atoms with Crippen LogP contribution in [0.2, 0.25) is 0 Å². The third-order valence-electron chi connectivity index (χ3n) is 2.76. The summed E-state index contributed by atoms with van der Waals surface area (Å²) in [4.78, 5) is 12.3. The van der Waals surface area contributed by atoms with Gasteiger partial charge in [-0.3, -0.25) is 9.48 Å². The fourth-order valence-corrected chi connectivity index (χ4v) is 2.24. The molecule has 0 saturated carbocycles. The number of methoxy groups -OCH3 is 1. The maximum absolute atomic E-state index is 13.2. The molecular weight excluding hydrogens is 353 g/mol. The second kappa shape index (κ2) is 6.40. The van der Waals surface area contributed by atoms with Crippen LogP contribution >= 0.6 is 15.9 Å². The summed E-state index contributed by atoms with van der Waals surface area (Å²) in [6.07, 6.45) is 1.39. The van der Waals surface area contributed by atoms with Gasteiger partial charge in [-0.15, -0.1) is 0 Å². The molecule has 0 aliphatic carbocycles. The molecule has 21 heavy (non-hydrogen) atoms. The molecule has 0 bridgehead atoms. The molecule has 2 rings (SSSR count). The average molecular weight is 363 g/mol. The lowest BCUT2D eigenvalue weighted by Gasteiger charge is -2.07. The van der Waals surface area contributed by atoms with Gasteiger partial charge in [0.1, 0.15) is 5.69 Å². The van der Waals surface area contributed by atoms with E-state index in [-0.39, 0.29) is 17.8 Å². The summed E-state index contributed by atoms with van der Waals surface area (Å²) >= 11 is 3.15. The van der Waals surface area contributed by atoms with Gasteiger partial charge in [-0.2, -0.15) is 5.10 Å². The molecule has 8 heteroatoms. The molecule has 0 radical (unpaired) electrons. The number of nitrogens with zero attached hydrogens (tertiary/aromatic N) is 2. The van der Waals surface area contributed by atoms with E-state index in [0.29, 0.717) is 23.2 Å². The minimum absolute atomic E-state index is 0.109. The number of benzene rings is 1. The van der Waals surface area contributed by atoms with Gasteiger partial charge in [0.05, 0.1) is 23.8 Å². The number of halogens is 4. The summed E-state index contributed by atoms with van der Waals surface area (Å²) in [6.45, 7) is 0.593. The van der Waals surface area contributed by atoms with Gasteiger partial charge in [0.2, 0.25) is 5.78 Å². The van der Waals surface area contributed by atoms with Crippen LogP contribution in [-0.2, 0) is 11.3 Å². The zero-order chi connectivity index (χ0) is 15.6. The van der Waals surface area contributed by atoms with E-state index in [4.69, 9.17) is 4.74 Å². The molecule has 0 atom stereocenters. The normalized spacial score (nSPS) is 10.9. The highest BCUT2D eigenvalue weighted by Gasteiger charge is 2.22. The number of carbonyl (C=O) groups excluding carboxylic acids is 1. The van der Waals surface area contributed by atoms with Crippen LogP contribution in [0.4, 0.5) is 13.2 Å². The predicted molar refractivity (Wildman–Crippen MR) is 71.6 cm³/mol. The Bertz CT molecular complexity index is 665. The zero-order valence-corrected chi connectivity index (χ0v) is 12.5. The van der Waals surface area contributed by atoms with Gasteiger partial charge >= 0.3 is 0 Å². The van der Waals surface area contributed by atoms with Crippen LogP contribution in [0.1, 0.15) is 16.1 Å². The molecule has 0 aliphatic rings. The van der Waals surface area contributed by atoms with Crippen molar-refractivity contribution in [1.29, 1.82) is 0 Å². The number of aromatic nitrogens is 2. The monoisotopic (exact) mass is 362 g/mol. The van der Waals surface area contributed by atoms with Crippen LogP contribution in [0.25, 0.3) is 0 Å². The minimum atomic E-state index is -1.61. The summed E-state index contributed by atoms with van der Waals surface area (Å²) in [6, 6.07) is 1.31. The smallest absolute Gasteiger partial charge is 0.212 e. The van der Waals surface area contributed by atoms with Gasteiger partial charge in [0.15, 0.2) is 17.5 Å². The number of hydrogen-bond donors (Lipinski definition) is 0. The van der Waals surface area contributed by atoms with Crippen molar-refractivity contribution in [2.75, 3.05) is 13.7 Å². The lowest BCUT2D eigenvalue weighted by Crippen LogP contribution is -2.15. The van der Waals surface area contributed by atoms with Gasteiger partial charge < -0.3 is 4.74 Å². The van der Waals surface area contributed by atoms with Crippen LogP contribution in [-0.4, -0.2) is 29.3 Å². The van der Waals surface area contributed by atoms with E-state index in [2.05, 4.69) is 21.0 Å². The maximum Gasteiger partial charge on any atom is 0.212 e. The highest BCUT2D eigenvalue weighted by atomic mass is 79.9. The molecule has 1 aromatic carbocycles. The summed E-state index contributed by atoms with van der Waals surface area (Å²) in [5.74, 6) is -5.12. The van der Waals surface area contributed by atoms with Crippen molar-refractivity contribution in [1.82, 2.24) is 9.78 Å². The van der Waals surface area contributed by atoms with E-state index in [1.165, 1.54) is 18.0 Å². The Labute approximate surface area is 126 Å². The fraction of sp³-hybridized carbons (Fsp3) is 0.231. The summed E-state index contributed by atoms with van der Waals surface area (Å²) in [5, 5.41) is 3.97. The number of carbonyl (C=O) groups is 1. The van der Waals surface area contributed by atoms with E-state index in [1.54, 1.807) is 0 Å². The van der Waals surface area contributed by atoms with Crippen molar-refractivity contribution in [3.8, 4) is 0 Å². The van der Waals surface area contributed by atoms with Crippen molar-refractivity contribution >= 4 is 21.7 Å². The largest absolute Gasteiger partial charge is 0.383 e. The van der Waals surface area contributed by atoms with Crippen LogP contribution in [0, 0.1) is 17.5 Å². The standard InChI is InChI=1S/C13H10BrF3N2O2/c1-21-3-2-19-12(8(14)6-18-19)13(20)7-4-9(15)11(17)10(16)5-7/h4-6H,2-3H2,1H3. The molecule has 0 amide bonds. The van der Waals surface area contributed by atoms with Gasteiger partial charge in [0, 0.05) is 12.7 Å². The van der Waals surface area contributed by atoms with Crippen molar-refractivity contribution in [2.24, 2.45) is 0 Å². The molecule has 0 spiro atoms. The van der Waals surface area contributed by atoms with Crippen LogP contribution in [0.5, 0.6) is 0 Å². The molecule has 2 aromatic rings. The van der Waals surface area contributed by atoms with Crippen molar-refractivity contribution in [3.05, 3.63) is 51.5 Å². The quantitative estimate of drug-likeness (QED) is 0.606. The predicted octanol–water partition coefficient (Wildman–Crippen LogP) is 2.94. The molecule has 1 aromatic heterocycles. The summed E-state index contributed by atoms with van der Waals surface area (Å²) in [5.41, 5.74) is -0.191. The Morgan fingerprint density at radius 2 is 1.95 bits per heavy atom. The molecule has 0 saturated heterocycles. The van der Waals surface area contributed by atoms with Gasteiger partial charge in [-0.1, -0.05) is 0 Å². The number of hydrogen-bond acceptors (Lipinski definition) is 3. The summed E-state index contributed by atoms with van der Waals surface area (Å²) < 4.78 is 46.0. The van der Waals surface area contributed by atoms with Crippen molar-refractivity contribution < 1.29 is 22.7 Å². The molecule has 0 N–H and O–H groups in total. The number of ether oxygens (including phenoxy) is 1. The molecular formula is C13H10BrF3N2O2. The lowest BCUT2D eigenvalue weighted by atomic mass is 10.1. The van der Waals surface area contributed by atoms with Crippen molar-refractivity contribution in [3.63, 3.8) is 0 Å². The van der Waals surface area contributed by atoms with Gasteiger partial charge in [-0.25, -0.2) is 13.2 Å². The van der Waals surface area contributed by atoms with Gasteiger partial charge in [0.25, 0.3) is 0 Å². The first kappa shape index (κ1) is 15.7. The van der Waals surface area contributed by atoms with Crippen molar-refractivity contribution in [2.45, 2.75) is 6.54 Å². The van der Waals surface area contributed by atoms with E-state index >= 15 is 0 Å². The second-order valence-electron chi connectivity index (χ2n) is 4.14. The van der Waals surface area contributed by atoms with E-state index < -0.39 is 23.2 Å². The molecule has 1 heterocycles. The van der Waals surface area contributed by atoms with E-state index in [1.807, 2.05) is 0 Å². The Morgan fingerprint density at radius 3 is 2.52 bits per heavy atom. The first-order chi connectivity index (χ1) is 9.95. The third-order valence-corrected chi connectivity index (χ3v) is 3.34. The average Bonchev–Trinajstić information content (AvgIpc) is 2.82. The zero-order valence-electron chi connectivity index (χ0n) is 10.9. The van der Waals surface area contributed by atoms with Gasteiger partial charge in [-0.05, 0) is 28.1 Å². The molecule has 0 unspecified atom stereocenters. The number of rotatable bonds is 5. The molecule has 4 nitrogen and oxygen atoms in total. The maximum atomic E-state index is 13.2. The Morgan fingerprint density at radius 1 is 1.33 bits per heavy atom. The third kappa shape index (κ3) is 3.16. The second-order valence-corrected chi connectivity index (χ2v) is 4.99. The molecule has 0 aliphatic heterocycles. The lowest BCUT2D eigenvalue weighted by molar-refractivity contribution is 0.102. The van der Waals surface area contributed by atoms with Crippen LogP contribution < -0.4 is 0 Å². The highest BCUT2D eigenvalue weighted by molar-refractivity contribution is 9.10. The first-order valence-electron chi connectivity index (χ1n) is 5.85. The van der Waals surface area contributed by atoms with E-state index in [9.17, 15) is 18.0 Å². The van der Waals surface area contributed by atoms with Crippen LogP contribution in [0.15, 0.2) is 22.8 Å². The fourth-order valence-electron chi connectivity index (χ4n) is 1.76. The SMILES string of the molecule is COCCn1ncc(Br)c1C(=O)c1cc(F)c(F)c(F)c1. The Hall–Kier alpha value is -1.67. The molecule has 112 valence electrons.